The van der Waals surface area contributed by atoms with Crippen LogP contribution in [-0.4, -0.2) is 39.2 Å². The Morgan fingerprint density at radius 3 is 2.51 bits per heavy atom. The number of benzene rings is 1. The van der Waals surface area contributed by atoms with Crippen molar-refractivity contribution in [3.63, 3.8) is 0 Å². The lowest BCUT2D eigenvalue weighted by Gasteiger charge is -2.21. The minimum absolute atomic E-state index is 0.194. The topological polar surface area (TPSA) is 113 Å². The van der Waals surface area contributed by atoms with E-state index >= 15 is 0 Å². The van der Waals surface area contributed by atoms with Gasteiger partial charge >= 0.3 is 0 Å². The van der Waals surface area contributed by atoms with Crippen LogP contribution < -0.4 is 10.6 Å². The van der Waals surface area contributed by atoms with Crippen molar-refractivity contribution in [3.8, 4) is 11.4 Å². The van der Waals surface area contributed by atoms with Crippen LogP contribution in [-0.2, 0) is 4.79 Å². The summed E-state index contributed by atoms with van der Waals surface area (Å²) in [7, 11) is 1.82. The molecule has 5 rings (SSSR count). The zero-order valence-corrected chi connectivity index (χ0v) is 20.0. The van der Waals surface area contributed by atoms with Gasteiger partial charge in [-0.3, -0.25) is 9.78 Å². The summed E-state index contributed by atoms with van der Waals surface area (Å²) >= 11 is 0. The van der Waals surface area contributed by atoms with Crippen molar-refractivity contribution in [1.29, 1.82) is 0 Å². The van der Waals surface area contributed by atoms with E-state index in [1.807, 2.05) is 37.4 Å². The van der Waals surface area contributed by atoms with E-state index in [2.05, 4.69) is 37.5 Å². The number of rotatable bonds is 5. The summed E-state index contributed by atoms with van der Waals surface area (Å²) in [5, 5.41) is 5.85. The first-order chi connectivity index (χ1) is 17.1. The van der Waals surface area contributed by atoms with Gasteiger partial charge in [-0.25, -0.2) is 9.97 Å². The lowest BCUT2D eigenvalue weighted by Crippen LogP contribution is -2.12. The number of hydrogen-bond donors (Lipinski definition) is 3. The van der Waals surface area contributed by atoms with Crippen molar-refractivity contribution in [1.82, 2.24) is 19.9 Å². The van der Waals surface area contributed by atoms with E-state index in [0.29, 0.717) is 17.2 Å². The molecule has 8 heteroatoms. The molecule has 1 saturated carbocycles. The number of nitrogens with one attached hydrogen (secondary N) is 3. The van der Waals surface area contributed by atoms with E-state index in [1.54, 1.807) is 24.5 Å². The Balaban J connectivity index is 0.000000271. The smallest absolute Gasteiger partial charge is 0.257 e. The zero-order valence-electron chi connectivity index (χ0n) is 20.0. The second-order valence-corrected chi connectivity index (χ2v) is 8.85. The largest absolute Gasteiger partial charge is 0.373 e. The highest BCUT2D eigenvalue weighted by molar-refractivity contribution is 6.04. The first kappa shape index (κ1) is 24.1. The second kappa shape index (κ2) is 11.4. The van der Waals surface area contributed by atoms with E-state index in [9.17, 15) is 9.59 Å². The average Bonchev–Trinajstić information content (AvgIpc) is 3.34. The molecular formula is C27H30N6O2. The van der Waals surface area contributed by atoms with Crippen LogP contribution in [0.1, 0.15) is 43.0 Å². The Labute approximate surface area is 204 Å². The highest BCUT2D eigenvalue weighted by Crippen LogP contribution is 2.26. The van der Waals surface area contributed by atoms with Crippen LogP contribution in [0.25, 0.3) is 22.4 Å². The van der Waals surface area contributed by atoms with E-state index in [4.69, 9.17) is 0 Å². The highest BCUT2D eigenvalue weighted by atomic mass is 16.1. The van der Waals surface area contributed by atoms with Gasteiger partial charge < -0.3 is 20.4 Å². The monoisotopic (exact) mass is 470 g/mol. The molecule has 0 unspecified atom stereocenters. The van der Waals surface area contributed by atoms with E-state index in [0.717, 1.165) is 53.3 Å². The van der Waals surface area contributed by atoms with Gasteiger partial charge in [0.05, 0.1) is 22.8 Å². The predicted molar refractivity (Wildman–Crippen MR) is 138 cm³/mol. The molecule has 0 saturated heterocycles. The molecule has 1 aliphatic rings. The Morgan fingerprint density at radius 1 is 1.09 bits per heavy atom. The summed E-state index contributed by atoms with van der Waals surface area (Å²) < 4.78 is 0. The van der Waals surface area contributed by atoms with E-state index < -0.39 is 0 Å². The number of amides is 1. The van der Waals surface area contributed by atoms with Gasteiger partial charge in [-0.15, -0.1) is 0 Å². The maximum absolute atomic E-state index is 12.2. The maximum Gasteiger partial charge on any atom is 0.257 e. The number of hydrogen-bond acceptors (Lipinski definition) is 6. The molecule has 1 aliphatic carbocycles. The van der Waals surface area contributed by atoms with Crippen LogP contribution in [0.15, 0.2) is 61.1 Å². The molecule has 8 nitrogen and oxygen atoms in total. The van der Waals surface area contributed by atoms with Gasteiger partial charge in [0.15, 0.2) is 0 Å². The molecule has 4 aromatic rings. The molecule has 0 bridgehead atoms. The number of carbonyl (C=O) groups is 2. The Morgan fingerprint density at radius 2 is 1.86 bits per heavy atom. The van der Waals surface area contributed by atoms with Crippen LogP contribution in [0.2, 0.25) is 0 Å². The third-order valence-electron chi connectivity index (χ3n) is 6.22. The molecule has 3 aromatic heterocycles. The fourth-order valence-electron chi connectivity index (χ4n) is 4.02. The SMILES string of the molecule is CC1CCC(C=O)CC1.CNc1cc2nc(-c3ccc(NC(=O)c4cccnc4)cc3)[nH]c2cn1. The molecule has 1 aromatic carbocycles. The van der Waals surface area contributed by atoms with Gasteiger partial charge in [0.1, 0.15) is 17.9 Å². The summed E-state index contributed by atoms with van der Waals surface area (Å²) in [5.74, 6) is 2.58. The number of fused-ring (bicyclic) bond motifs is 1. The molecule has 3 N–H and O–H groups in total. The fourth-order valence-corrected chi connectivity index (χ4v) is 4.02. The van der Waals surface area contributed by atoms with Gasteiger partial charge in [-0.2, -0.15) is 0 Å². The first-order valence-corrected chi connectivity index (χ1v) is 11.9. The summed E-state index contributed by atoms with van der Waals surface area (Å²) in [4.78, 5) is 38.5. The summed E-state index contributed by atoms with van der Waals surface area (Å²) in [6.45, 7) is 2.26. The third-order valence-corrected chi connectivity index (χ3v) is 6.22. The van der Waals surface area contributed by atoms with Crippen LogP contribution in [0, 0.1) is 11.8 Å². The number of aromatic amines is 1. The number of aromatic nitrogens is 4. The predicted octanol–water partition coefficient (Wildman–Crippen LogP) is 5.33. The molecule has 0 radical (unpaired) electrons. The van der Waals surface area contributed by atoms with Crippen molar-refractivity contribution in [2.45, 2.75) is 32.6 Å². The van der Waals surface area contributed by atoms with Gasteiger partial charge in [0, 0.05) is 42.7 Å². The number of imidazole rings is 1. The summed E-state index contributed by atoms with van der Waals surface area (Å²) in [6, 6.07) is 12.8. The Hall–Kier alpha value is -4.07. The minimum atomic E-state index is -0.194. The van der Waals surface area contributed by atoms with Gasteiger partial charge in [-0.1, -0.05) is 19.8 Å². The Bertz CT molecular complexity index is 1260. The Kier molecular flexibility index (Phi) is 7.82. The van der Waals surface area contributed by atoms with Crippen LogP contribution in [0.4, 0.5) is 11.5 Å². The number of nitrogens with zero attached hydrogens (tertiary/aromatic N) is 3. The molecule has 0 aliphatic heterocycles. The fraction of sp³-hybridized carbons (Fsp3) is 0.296. The quantitative estimate of drug-likeness (QED) is 0.340. The molecule has 1 fully saturated rings. The van der Waals surface area contributed by atoms with E-state index in [1.165, 1.54) is 19.0 Å². The molecule has 0 spiro atoms. The van der Waals surface area contributed by atoms with Crippen molar-refractivity contribution in [2.24, 2.45) is 11.8 Å². The first-order valence-electron chi connectivity index (χ1n) is 11.9. The average molecular weight is 471 g/mol. The second-order valence-electron chi connectivity index (χ2n) is 8.85. The lowest BCUT2D eigenvalue weighted by atomic mass is 9.84. The van der Waals surface area contributed by atoms with E-state index in [-0.39, 0.29) is 5.91 Å². The number of anilines is 2. The van der Waals surface area contributed by atoms with Gasteiger partial charge in [0.2, 0.25) is 0 Å². The normalized spacial score (nSPS) is 17.2. The maximum atomic E-state index is 12.2. The zero-order chi connectivity index (χ0) is 24.6. The van der Waals surface area contributed by atoms with Gasteiger partial charge in [0.25, 0.3) is 5.91 Å². The number of pyridine rings is 2. The number of aldehydes is 1. The minimum Gasteiger partial charge on any atom is -0.373 e. The van der Waals surface area contributed by atoms with Crippen molar-refractivity contribution >= 4 is 34.7 Å². The molecule has 180 valence electrons. The van der Waals surface area contributed by atoms with Crippen molar-refractivity contribution in [2.75, 3.05) is 17.7 Å². The number of carbonyl (C=O) groups excluding carboxylic acids is 2. The van der Waals surface area contributed by atoms with Crippen LogP contribution in [0.5, 0.6) is 0 Å². The van der Waals surface area contributed by atoms with Crippen LogP contribution in [0.3, 0.4) is 0 Å². The molecule has 0 atom stereocenters. The summed E-state index contributed by atoms with van der Waals surface area (Å²) in [6.07, 6.45) is 10.8. The van der Waals surface area contributed by atoms with Crippen molar-refractivity contribution < 1.29 is 9.59 Å². The third kappa shape index (κ3) is 6.29. The molecule has 1 amide bonds. The molecule has 3 heterocycles. The van der Waals surface area contributed by atoms with Gasteiger partial charge in [-0.05, 0) is 55.2 Å². The lowest BCUT2D eigenvalue weighted by molar-refractivity contribution is -0.112. The molecular weight excluding hydrogens is 440 g/mol. The van der Waals surface area contributed by atoms with Crippen LogP contribution >= 0.6 is 0 Å². The molecule has 35 heavy (non-hydrogen) atoms. The standard InChI is InChI=1S/C19H16N6O.C8H14O/c1-20-17-9-15-16(11-22-17)25-18(24-15)12-4-6-14(7-5-12)23-19(26)13-3-2-8-21-10-13;1-7-2-4-8(6-9)5-3-7/h2-11H,1H3,(H,20,22)(H,23,26)(H,24,25);6-8H,2-5H2,1H3. The number of H-pyrrole nitrogens is 1. The van der Waals surface area contributed by atoms with Crippen molar-refractivity contribution in [3.05, 3.63) is 66.6 Å². The highest BCUT2D eigenvalue weighted by Gasteiger charge is 2.16. The summed E-state index contributed by atoms with van der Waals surface area (Å²) in [5.41, 5.74) is 3.85.